The molecule has 14 heavy (non-hydrogen) atoms. The van der Waals surface area contributed by atoms with Crippen molar-refractivity contribution in [3.8, 4) is 5.75 Å². The van der Waals surface area contributed by atoms with E-state index >= 15 is 0 Å². The molecule has 0 saturated heterocycles. The Balaban J connectivity index is 2.85. The van der Waals surface area contributed by atoms with Gasteiger partial charge in [-0.1, -0.05) is 0 Å². The van der Waals surface area contributed by atoms with E-state index in [-0.39, 0.29) is 5.75 Å². The molecule has 5 N–H and O–H groups in total. The molecule has 0 aliphatic rings. The number of benzene rings is 1. The Labute approximate surface area is 79.5 Å². The van der Waals surface area contributed by atoms with Crippen molar-refractivity contribution in [1.82, 2.24) is 4.57 Å². The molecule has 2 aromatic rings. The Morgan fingerprint density at radius 3 is 2.79 bits per heavy atom. The van der Waals surface area contributed by atoms with E-state index in [1.165, 1.54) is 22.9 Å². The zero-order valence-corrected chi connectivity index (χ0v) is 7.27. The summed E-state index contributed by atoms with van der Waals surface area (Å²) in [5.41, 5.74) is 11.8. The third-order valence-electron chi connectivity index (χ3n) is 2.06. The molecule has 0 saturated carbocycles. The zero-order valence-electron chi connectivity index (χ0n) is 7.27. The Hall–Kier alpha value is -2.17. The minimum Gasteiger partial charge on any atom is -0.508 e. The lowest BCUT2D eigenvalue weighted by atomic mass is 10.2. The Kier molecular flexibility index (Phi) is 1.60. The number of anilines is 1. The molecule has 1 heterocycles. The molecule has 0 aliphatic carbocycles. The number of nitrogens with zero attached hydrogens (tertiary/aromatic N) is 1. The lowest BCUT2D eigenvalue weighted by Crippen LogP contribution is -2.18. The first-order valence-corrected chi connectivity index (χ1v) is 3.99. The highest BCUT2D eigenvalue weighted by molar-refractivity contribution is 5.98. The lowest BCUT2D eigenvalue weighted by molar-refractivity contribution is 0.251. The van der Waals surface area contributed by atoms with Gasteiger partial charge in [0.1, 0.15) is 5.75 Å². The Bertz CT molecular complexity index is 516. The molecule has 2 rings (SSSR count). The van der Waals surface area contributed by atoms with Crippen LogP contribution in [0.25, 0.3) is 10.9 Å². The number of amides is 1. The molecule has 0 bridgehead atoms. The molecule has 5 heteroatoms. The summed E-state index contributed by atoms with van der Waals surface area (Å²) in [6.45, 7) is 0. The number of phenolic OH excluding ortho intramolecular Hbond substituents is 1. The molecular formula is C9H9N3O2. The first kappa shape index (κ1) is 8.43. The van der Waals surface area contributed by atoms with Crippen LogP contribution in [0.1, 0.15) is 0 Å². The quantitative estimate of drug-likeness (QED) is 0.576. The minimum atomic E-state index is -0.627. The summed E-state index contributed by atoms with van der Waals surface area (Å²) >= 11 is 0. The van der Waals surface area contributed by atoms with Gasteiger partial charge in [0.25, 0.3) is 0 Å². The number of aromatic hydroxyl groups is 1. The monoisotopic (exact) mass is 191 g/mol. The van der Waals surface area contributed by atoms with E-state index in [0.29, 0.717) is 16.6 Å². The predicted molar refractivity (Wildman–Crippen MR) is 53.0 cm³/mol. The summed E-state index contributed by atoms with van der Waals surface area (Å²) in [6.07, 6.45) is 1.44. The standard InChI is InChI=1S/C9H9N3O2/c10-7-4-12(9(11)14)8-3-5(13)1-2-6(7)8/h1-4,13H,10H2,(H2,11,14). The second-order valence-electron chi connectivity index (χ2n) is 2.99. The van der Waals surface area contributed by atoms with Gasteiger partial charge in [-0.2, -0.15) is 0 Å². The van der Waals surface area contributed by atoms with Crippen LogP contribution in [0.15, 0.2) is 24.4 Å². The highest BCUT2D eigenvalue weighted by Gasteiger charge is 2.09. The number of aromatic nitrogens is 1. The number of hydrogen-bond acceptors (Lipinski definition) is 3. The van der Waals surface area contributed by atoms with E-state index in [4.69, 9.17) is 11.5 Å². The molecule has 0 fully saturated rings. The summed E-state index contributed by atoms with van der Waals surface area (Å²) in [7, 11) is 0. The Morgan fingerprint density at radius 1 is 1.43 bits per heavy atom. The van der Waals surface area contributed by atoms with Crippen molar-refractivity contribution in [2.75, 3.05) is 5.73 Å². The molecule has 1 aromatic heterocycles. The van der Waals surface area contributed by atoms with Gasteiger partial charge >= 0.3 is 6.03 Å². The van der Waals surface area contributed by atoms with Gasteiger partial charge in [0, 0.05) is 17.6 Å². The van der Waals surface area contributed by atoms with Crippen LogP contribution >= 0.6 is 0 Å². The number of fused-ring (bicyclic) bond motifs is 1. The van der Waals surface area contributed by atoms with Gasteiger partial charge in [-0.3, -0.25) is 4.57 Å². The molecule has 0 radical (unpaired) electrons. The smallest absolute Gasteiger partial charge is 0.323 e. The molecule has 0 unspecified atom stereocenters. The molecule has 72 valence electrons. The van der Waals surface area contributed by atoms with Gasteiger partial charge in [-0.25, -0.2) is 4.79 Å². The maximum atomic E-state index is 11.0. The normalized spacial score (nSPS) is 10.6. The number of carbonyl (C=O) groups is 1. The van der Waals surface area contributed by atoms with Gasteiger partial charge in [0.2, 0.25) is 0 Å². The molecule has 0 spiro atoms. The second-order valence-corrected chi connectivity index (χ2v) is 2.99. The number of carbonyl (C=O) groups excluding carboxylic acids is 1. The van der Waals surface area contributed by atoms with Gasteiger partial charge < -0.3 is 16.6 Å². The van der Waals surface area contributed by atoms with E-state index in [0.717, 1.165) is 0 Å². The van der Waals surface area contributed by atoms with Crippen molar-refractivity contribution in [3.63, 3.8) is 0 Å². The summed E-state index contributed by atoms with van der Waals surface area (Å²) in [4.78, 5) is 11.0. The number of primary amides is 1. The second kappa shape index (κ2) is 2.66. The Morgan fingerprint density at radius 2 is 2.14 bits per heavy atom. The molecule has 0 atom stereocenters. The molecule has 0 aliphatic heterocycles. The molecule has 1 amide bonds. The fourth-order valence-electron chi connectivity index (χ4n) is 1.42. The maximum Gasteiger partial charge on any atom is 0.323 e. The number of rotatable bonds is 0. The molecule has 5 nitrogen and oxygen atoms in total. The first-order valence-electron chi connectivity index (χ1n) is 3.99. The van der Waals surface area contributed by atoms with Crippen LogP contribution < -0.4 is 11.5 Å². The van der Waals surface area contributed by atoms with Crippen molar-refractivity contribution in [1.29, 1.82) is 0 Å². The summed E-state index contributed by atoms with van der Waals surface area (Å²) in [5, 5.41) is 9.94. The van der Waals surface area contributed by atoms with Crippen molar-refractivity contribution in [3.05, 3.63) is 24.4 Å². The topological polar surface area (TPSA) is 94.3 Å². The van der Waals surface area contributed by atoms with Crippen molar-refractivity contribution >= 4 is 22.6 Å². The van der Waals surface area contributed by atoms with E-state index in [9.17, 15) is 9.90 Å². The number of phenols is 1. The van der Waals surface area contributed by atoms with Gasteiger partial charge in [0.05, 0.1) is 11.2 Å². The third kappa shape index (κ3) is 1.06. The van der Waals surface area contributed by atoms with Gasteiger partial charge in [-0.15, -0.1) is 0 Å². The fraction of sp³-hybridized carbons (Fsp3) is 0. The first-order chi connectivity index (χ1) is 6.59. The predicted octanol–water partition coefficient (Wildman–Crippen LogP) is 0.856. The fourth-order valence-corrected chi connectivity index (χ4v) is 1.42. The van der Waals surface area contributed by atoms with Gasteiger partial charge in [0.15, 0.2) is 0 Å². The zero-order chi connectivity index (χ0) is 10.3. The van der Waals surface area contributed by atoms with Crippen molar-refractivity contribution in [2.45, 2.75) is 0 Å². The largest absolute Gasteiger partial charge is 0.508 e. The molecular weight excluding hydrogens is 182 g/mol. The van der Waals surface area contributed by atoms with Gasteiger partial charge in [-0.05, 0) is 12.1 Å². The van der Waals surface area contributed by atoms with E-state index in [1.54, 1.807) is 6.07 Å². The molecule has 1 aromatic carbocycles. The van der Waals surface area contributed by atoms with Crippen LogP contribution in [0, 0.1) is 0 Å². The van der Waals surface area contributed by atoms with E-state index in [1.807, 2.05) is 0 Å². The summed E-state index contributed by atoms with van der Waals surface area (Å²) in [5.74, 6) is 0.0677. The van der Waals surface area contributed by atoms with Crippen LogP contribution in [0.3, 0.4) is 0 Å². The van der Waals surface area contributed by atoms with Crippen LogP contribution in [-0.2, 0) is 0 Å². The summed E-state index contributed by atoms with van der Waals surface area (Å²) < 4.78 is 1.20. The van der Waals surface area contributed by atoms with Crippen molar-refractivity contribution in [2.24, 2.45) is 5.73 Å². The number of nitrogen functional groups attached to an aromatic ring is 1. The van der Waals surface area contributed by atoms with E-state index < -0.39 is 6.03 Å². The summed E-state index contributed by atoms with van der Waals surface area (Å²) in [6, 6.07) is 3.96. The van der Waals surface area contributed by atoms with Crippen LogP contribution in [-0.4, -0.2) is 15.7 Å². The maximum absolute atomic E-state index is 11.0. The average Bonchev–Trinajstić information content (AvgIpc) is 2.43. The highest BCUT2D eigenvalue weighted by atomic mass is 16.3. The van der Waals surface area contributed by atoms with Crippen molar-refractivity contribution < 1.29 is 9.90 Å². The van der Waals surface area contributed by atoms with Crippen LogP contribution in [0.4, 0.5) is 10.5 Å². The van der Waals surface area contributed by atoms with Crippen LogP contribution in [0.2, 0.25) is 0 Å². The highest BCUT2D eigenvalue weighted by Crippen LogP contribution is 2.26. The number of nitrogens with two attached hydrogens (primary N) is 2. The lowest BCUT2D eigenvalue weighted by Gasteiger charge is -1.98. The minimum absolute atomic E-state index is 0.0677. The third-order valence-corrected chi connectivity index (χ3v) is 2.06. The number of hydrogen-bond donors (Lipinski definition) is 3. The van der Waals surface area contributed by atoms with Crippen LogP contribution in [0.5, 0.6) is 5.75 Å². The SMILES string of the molecule is NC(=O)n1cc(N)c2ccc(O)cc21. The van der Waals surface area contributed by atoms with E-state index in [2.05, 4.69) is 0 Å². The average molecular weight is 191 g/mol.